The van der Waals surface area contributed by atoms with Crippen molar-refractivity contribution in [3.05, 3.63) is 0 Å². The summed E-state index contributed by atoms with van der Waals surface area (Å²) in [6.07, 6.45) is 3.03. The smallest absolute Gasteiger partial charge is 0.317 e. The molecule has 0 radical (unpaired) electrons. The highest BCUT2D eigenvalue weighted by molar-refractivity contribution is 5.74. The van der Waals surface area contributed by atoms with Crippen molar-refractivity contribution in [3.8, 4) is 0 Å². The van der Waals surface area contributed by atoms with Crippen molar-refractivity contribution in [3.63, 3.8) is 0 Å². The largest absolute Gasteiger partial charge is 0.381 e. The summed E-state index contributed by atoms with van der Waals surface area (Å²) in [5, 5.41) is 2.69. The molecule has 0 aromatic rings. The molecule has 2 heterocycles. The minimum atomic E-state index is -1.39. The molecule has 1 N–H and O–H groups in total. The third-order valence-electron chi connectivity index (χ3n) is 4.09. The quantitative estimate of drug-likeness (QED) is 0.864. The van der Waals surface area contributed by atoms with Gasteiger partial charge in [0.1, 0.15) is 5.67 Å². The van der Waals surface area contributed by atoms with Crippen LogP contribution in [0, 0.1) is 5.92 Å². The van der Waals surface area contributed by atoms with E-state index in [1.807, 2.05) is 4.90 Å². The Morgan fingerprint density at radius 1 is 1.29 bits per heavy atom. The van der Waals surface area contributed by atoms with Crippen LogP contribution in [0.25, 0.3) is 0 Å². The van der Waals surface area contributed by atoms with Crippen LogP contribution in [-0.2, 0) is 9.47 Å². The molecule has 2 aliphatic rings. The van der Waals surface area contributed by atoms with Crippen LogP contribution in [0.3, 0.4) is 0 Å². The molecule has 1 unspecified atom stereocenters. The molecule has 0 saturated carbocycles. The second-order valence-corrected chi connectivity index (χ2v) is 6.59. The summed E-state index contributed by atoms with van der Waals surface area (Å²) in [5.41, 5.74) is -1.39. The van der Waals surface area contributed by atoms with Crippen LogP contribution in [-0.4, -0.2) is 62.2 Å². The second kappa shape index (κ2) is 7.40. The highest BCUT2D eigenvalue weighted by Crippen LogP contribution is 2.24. The van der Waals surface area contributed by atoms with Gasteiger partial charge in [0, 0.05) is 19.8 Å². The van der Waals surface area contributed by atoms with Crippen LogP contribution in [0.5, 0.6) is 0 Å². The SMILES string of the molecule is CC(C)(F)CNC(=O)N1CCOCC1CC1CCOCC1. The van der Waals surface area contributed by atoms with E-state index in [0.29, 0.717) is 25.7 Å². The number of nitrogens with zero attached hydrogens (tertiary/aromatic N) is 1. The molecule has 6 heteroatoms. The van der Waals surface area contributed by atoms with Gasteiger partial charge in [0.15, 0.2) is 0 Å². The number of hydrogen-bond donors (Lipinski definition) is 1. The molecule has 0 spiro atoms. The van der Waals surface area contributed by atoms with Crippen molar-refractivity contribution in [1.29, 1.82) is 0 Å². The minimum Gasteiger partial charge on any atom is -0.381 e. The van der Waals surface area contributed by atoms with E-state index >= 15 is 0 Å². The Balaban J connectivity index is 1.86. The Hall–Kier alpha value is -0.880. The number of rotatable bonds is 4. The monoisotopic (exact) mass is 302 g/mol. The Kier molecular flexibility index (Phi) is 5.81. The molecule has 2 saturated heterocycles. The zero-order chi connectivity index (χ0) is 15.3. The van der Waals surface area contributed by atoms with Crippen LogP contribution in [0.4, 0.5) is 9.18 Å². The van der Waals surface area contributed by atoms with Crippen molar-refractivity contribution < 1.29 is 18.7 Å². The number of alkyl halides is 1. The van der Waals surface area contributed by atoms with Gasteiger partial charge < -0.3 is 19.7 Å². The van der Waals surface area contributed by atoms with Gasteiger partial charge in [-0.25, -0.2) is 9.18 Å². The second-order valence-electron chi connectivity index (χ2n) is 6.59. The Morgan fingerprint density at radius 2 is 2.00 bits per heavy atom. The van der Waals surface area contributed by atoms with E-state index < -0.39 is 5.67 Å². The van der Waals surface area contributed by atoms with Crippen LogP contribution < -0.4 is 5.32 Å². The van der Waals surface area contributed by atoms with E-state index in [1.165, 1.54) is 13.8 Å². The summed E-state index contributed by atoms with van der Waals surface area (Å²) >= 11 is 0. The van der Waals surface area contributed by atoms with Gasteiger partial charge in [-0.2, -0.15) is 0 Å². The van der Waals surface area contributed by atoms with Gasteiger partial charge in [-0.1, -0.05) is 0 Å². The van der Waals surface area contributed by atoms with Crippen molar-refractivity contribution in [2.75, 3.05) is 39.5 Å². The zero-order valence-corrected chi connectivity index (χ0v) is 13.1. The fourth-order valence-electron chi connectivity index (χ4n) is 2.87. The lowest BCUT2D eigenvalue weighted by atomic mass is 9.92. The van der Waals surface area contributed by atoms with Crippen LogP contribution in [0.15, 0.2) is 0 Å². The highest BCUT2D eigenvalue weighted by Gasteiger charge is 2.31. The maximum atomic E-state index is 13.5. The number of amides is 2. The highest BCUT2D eigenvalue weighted by atomic mass is 19.1. The van der Waals surface area contributed by atoms with Crippen LogP contribution in [0.1, 0.15) is 33.1 Å². The lowest BCUT2D eigenvalue weighted by Crippen LogP contribution is -2.54. The average molecular weight is 302 g/mol. The van der Waals surface area contributed by atoms with Gasteiger partial charge in [-0.15, -0.1) is 0 Å². The standard InChI is InChI=1S/C15H27FN2O3/c1-15(2,16)11-17-14(19)18-5-8-21-10-13(18)9-12-3-6-20-7-4-12/h12-13H,3-11H2,1-2H3,(H,17,19). The summed E-state index contributed by atoms with van der Waals surface area (Å²) in [7, 11) is 0. The van der Waals surface area contributed by atoms with Crippen molar-refractivity contribution in [1.82, 2.24) is 10.2 Å². The van der Waals surface area contributed by atoms with Gasteiger partial charge in [-0.3, -0.25) is 0 Å². The number of ether oxygens (including phenoxy) is 2. The lowest BCUT2D eigenvalue weighted by molar-refractivity contribution is -0.00792. The maximum Gasteiger partial charge on any atom is 0.317 e. The number of carbonyl (C=O) groups is 1. The number of carbonyl (C=O) groups excluding carboxylic acids is 1. The van der Waals surface area contributed by atoms with Gasteiger partial charge in [0.2, 0.25) is 0 Å². The molecule has 5 nitrogen and oxygen atoms in total. The van der Waals surface area contributed by atoms with Crippen LogP contribution in [0.2, 0.25) is 0 Å². The molecule has 0 aliphatic carbocycles. The van der Waals surface area contributed by atoms with E-state index in [2.05, 4.69) is 5.32 Å². The van der Waals surface area contributed by atoms with Crippen molar-refractivity contribution in [2.45, 2.75) is 44.8 Å². The van der Waals surface area contributed by atoms with E-state index in [4.69, 9.17) is 9.47 Å². The summed E-state index contributed by atoms with van der Waals surface area (Å²) in [5.74, 6) is 0.582. The Morgan fingerprint density at radius 3 is 2.67 bits per heavy atom. The summed E-state index contributed by atoms with van der Waals surface area (Å²) in [4.78, 5) is 14.1. The first-order valence-corrected chi connectivity index (χ1v) is 7.84. The van der Waals surface area contributed by atoms with Crippen LogP contribution >= 0.6 is 0 Å². The maximum absolute atomic E-state index is 13.5. The number of urea groups is 1. The third-order valence-corrected chi connectivity index (χ3v) is 4.09. The van der Waals surface area contributed by atoms with Gasteiger partial charge in [-0.05, 0) is 39.0 Å². The first kappa shape index (κ1) is 16.5. The van der Waals surface area contributed by atoms with E-state index in [0.717, 1.165) is 32.5 Å². The number of halogens is 1. The molecular weight excluding hydrogens is 275 g/mol. The fraction of sp³-hybridized carbons (Fsp3) is 0.933. The topological polar surface area (TPSA) is 50.8 Å². The minimum absolute atomic E-state index is 0.0349. The zero-order valence-electron chi connectivity index (χ0n) is 13.1. The molecule has 0 aromatic carbocycles. The number of morpholine rings is 1. The first-order valence-electron chi connectivity index (χ1n) is 7.84. The first-order chi connectivity index (χ1) is 9.96. The molecule has 0 aromatic heterocycles. The molecule has 2 aliphatic heterocycles. The summed E-state index contributed by atoms with van der Waals surface area (Å²) < 4.78 is 24.4. The van der Waals surface area contributed by atoms with E-state index in [-0.39, 0.29) is 18.6 Å². The van der Waals surface area contributed by atoms with E-state index in [1.54, 1.807) is 0 Å². The van der Waals surface area contributed by atoms with Gasteiger partial charge in [0.05, 0.1) is 25.8 Å². The summed E-state index contributed by atoms with van der Waals surface area (Å²) in [6.45, 7) is 6.28. The molecule has 122 valence electrons. The molecular formula is C15H27FN2O3. The molecule has 2 fully saturated rings. The summed E-state index contributed by atoms with van der Waals surface area (Å²) in [6, 6.07) is -0.0920. The predicted molar refractivity (Wildman–Crippen MR) is 78.1 cm³/mol. The van der Waals surface area contributed by atoms with Gasteiger partial charge >= 0.3 is 6.03 Å². The van der Waals surface area contributed by atoms with Gasteiger partial charge in [0.25, 0.3) is 0 Å². The average Bonchev–Trinajstić information content (AvgIpc) is 2.46. The van der Waals surface area contributed by atoms with Crippen molar-refractivity contribution >= 4 is 6.03 Å². The predicted octanol–water partition coefficient (Wildman–Crippen LogP) is 1.96. The molecule has 0 bridgehead atoms. The fourth-order valence-corrected chi connectivity index (χ4v) is 2.87. The number of hydrogen-bond acceptors (Lipinski definition) is 3. The molecule has 2 amide bonds. The Bertz CT molecular complexity index is 340. The molecule has 1 atom stereocenters. The molecule has 2 rings (SSSR count). The van der Waals surface area contributed by atoms with E-state index in [9.17, 15) is 9.18 Å². The van der Waals surface area contributed by atoms with Crippen molar-refractivity contribution in [2.24, 2.45) is 5.92 Å². The normalized spacial score (nSPS) is 24.9. The third kappa shape index (κ3) is 5.43. The molecule has 21 heavy (non-hydrogen) atoms. The Labute approximate surface area is 126 Å². The number of nitrogens with one attached hydrogen (secondary N) is 1. The lowest BCUT2D eigenvalue weighted by Gasteiger charge is -2.38.